The van der Waals surface area contributed by atoms with Crippen LogP contribution in [0.2, 0.25) is 0 Å². The fourth-order valence-corrected chi connectivity index (χ4v) is 5.94. The Hall–Kier alpha value is -1.99. The van der Waals surface area contributed by atoms with Crippen LogP contribution in [0.25, 0.3) is 6.08 Å². The van der Waals surface area contributed by atoms with Crippen LogP contribution in [0.3, 0.4) is 0 Å². The first-order valence-corrected chi connectivity index (χ1v) is 12.4. The zero-order valence-electron chi connectivity index (χ0n) is 16.5. The average molecular weight is 471 g/mol. The first-order valence-electron chi connectivity index (χ1n) is 9.15. The Morgan fingerprint density at radius 1 is 1.37 bits per heavy atom. The van der Waals surface area contributed by atoms with Crippen LogP contribution in [-0.4, -0.2) is 68.0 Å². The molecule has 1 aliphatic heterocycles. The second-order valence-electron chi connectivity index (χ2n) is 6.06. The van der Waals surface area contributed by atoms with Gasteiger partial charge in [0.1, 0.15) is 10.6 Å². The van der Waals surface area contributed by atoms with Crippen molar-refractivity contribution in [3.63, 3.8) is 0 Å². The van der Waals surface area contributed by atoms with Crippen molar-refractivity contribution in [1.82, 2.24) is 14.5 Å². The molecule has 2 aromatic rings. The Morgan fingerprint density at radius 2 is 2.13 bits per heavy atom. The van der Waals surface area contributed by atoms with E-state index in [1.165, 1.54) is 41.0 Å². The lowest BCUT2D eigenvalue weighted by Crippen LogP contribution is -2.40. The van der Waals surface area contributed by atoms with Crippen molar-refractivity contribution in [3.05, 3.63) is 29.8 Å². The molecular formula is C18H22N4O5S3. The van der Waals surface area contributed by atoms with Gasteiger partial charge in [-0.3, -0.25) is 10.1 Å². The third kappa shape index (κ3) is 5.58. The van der Waals surface area contributed by atoms with E-state index in [1.807, 2.05) is 6.92 Å². The second-order valence-corrected chi connectivity index (χ2v) is 10.5. The average Bonchev–Trinajstić information content (AvgIpc) is 3.19. The molecule has 3 rings (SSSR count). The minimum atomic E-state index is -3.74. The monoisotopic (exact) mass is 470 g/mol. The van der Waals surface area contributed by atoms with Gasteiger partial charge in [0.05, 0.1) is 20.3 Å². The number of aromatic nitrogens is 2. The van der Waals surface area contributed by atoms with E-state index in [4.69, 9.17) is 9.47 Å². The Bertz CT molecular complexity index is 1020. The molecule has 0 unspecified atom stereocenters. The third-order valence-electron chi connectivity index (χ3n) is 4.11. The lowest BCUT2D eigenvalue weighted by Gasteiger charge is -2.26. The van der Waals surface area contributed by atoms with Crippen molar-refractivity contribution in [3.8, 4) is 5.75 Å². The van der Waals surface area contributed by atoms with E-state index in [9.17, 15) is 13.2 Å². The Balaban J connectivity index is 1.75. The van der Waals surface area contributed by atoms with E-state index in [0.29, 0.717) is 23.9 Å². The minimum Gasteiger partial charge on any atom is -0.495 e. The maximum Gasteiger partial charge on any atom is 0.250 e. The number of methoxy groups -OCH3 is 1. The number of morpholine rings is 1. The fourth-order valence-electron chi connectivity index (χ4n) is 2.69. The van der Waals surface area contributed by atoms with Gasteiger partial charge in [0.2, 0.25) is 21.1 Å². The number of amides is 1. The van der Waals surface area contributed by atoms with Gasteiger partial charge in [0, 0.05) is 19.2 Å². The highest BCUT2D eigenvalue weighted by Gasteiger charge is 2.29. The number of carbonyl (C=O) groups excluding carboxylic acids is 1. The zero-order valence-corrected chi connectivity index (χ0v) is 19.0. The number of carbonyl (C=O) groups is 1. The van der Waals surface area contributed by atoms with Crippen LogP contribution in [0.5, 0.6) is 5.75 Å². The molecule has 0 spiro atoms. The van der Waals surface area contributed by atoms with Crippen LogP contribution in [0.15, 0.2) is 33.5 Å². The summed E-state index contributed by atoms with van der Waals surface area (Å²) in [5.74, 6) is 0.737. The Labute approximate surface area is 183 Å². The van der Waals surface area contributed by atoms with Crippen LogP contribution < -0.4 is 10.1 Å². The van der Waals surface area contributed by atoms with Gasteiger partial charge in [-0.2, -0.15) is 4.31 Å². The molecule has 0 aliphatic carbocycles. The summed E-state index contributed by atoms with van der Waals surface area (Å²) in [6, 6.07) is 4.75. The molecule has 1 aromatic heterocycles. The van der Waals surface area contributed by atoms with E-state index in [-0.39, 0.29) is 29.6 Å². The van der Waals surface area contributed by atoms with Gasteiger partial charge in [-0.1, -0.05) is 36.1 Å². The van der Waals surface area contributed by atoms with Crippen LogP contribution >= 0.6 is 23.1 Å². The van der Waals surface area contributed by atoms with E-state index < -0.39 is 10.0 Å². The molecule has 0 bridgehead atoms. The van der Waals surface area contributed by atoms with Gasteiger partial charge in [0.15, 0.2) is 4.34 Å². The highest BCUT2D eigenvalue weighted by molar-refractivity contribution is 8.01. The molecule has 2 heterocycles. The molecule has 0 atom stereocenters. The summed E-state index contributed by atoms with van der Waals surface area (Å²) in [5.41, 5.74) is 0.553. The van der Waals surface area contributed by atoms with E-state index >= 15 is 0 Å². The Morgan fingerprint density at radius 3 is 2.83 bits per heavy atom. The maximum absolute atomic E-state index is 13.0. The first-order chi connectivity index (χ1) is 14.4. The molecule has 1 aromatic carbocycles. The summed E-state index contributed by atoms with van der Waals surface area (Å²) in [6.07, 6.45) is 2.86. The van der Waals surface area contributed by atoms with Crippen molar-refractivity contribution in [1.29, 1.82) is 0 Å². The number of nitrogens with one attached hydrogen (secondary N) is 1. The molecule has 1 saturated heterocycles. The van der Waals surface area contributed by atoms with Gasteiger partial charge >= 0.3 is 0 Å². The highest BCUT2D eigenvalue weighted by Crippen LogP contribution is 2.29. The molecule has 1 fully saturated rings. The largest absolute Gasteiger partial charge is 0.495 e. The minimum absolute atomic E-state index is 0.0554. The number of hydrogen-bond acceptors (Lipinski definition) is 9. The van der Waals surface area contributed by atoms with E-state index in [2.05, 4.69) is 15.5 Å². The number of nitrogens with zero attached hydrogens (tertiary/aromatic N) is 3. The number of sulfonamides is 1. The molecule has 12 heteroatoms. The Kier molecular flexibility index (Phi) is 7.83. The molecule has 9 nitrogen and oxygen atoms in total. The molecule has 162 valence electrons. The SMILES string of the molecule is CCSc1nnc(NC(=O)C=Cc2ccc(OC)c(S(=O)(=O)N3CCOCC3)c2)s1. The van der Waals surface area contributed by atoms with E-state index in [1.54, 1.807) is 23.9 Å². The van der Waals surface area contributed by atoms with Crippen molar-refractivity contribution in [2.75, 3.05) is 44.5 Å². The molecular weight excluding hydrogens is 448 g/mol. The van der Waals surface area contributed by atoms with Gasteiger partial charge in [-0.25, -0.2) is 8.42 Å². The van der Waals surface area contributed by atoms with Crippen molar-refractivity contribution in [2.24, 2.45) is 0 Å². The quantitative estimate of drug-likeness (QED) is 0.356. The van der Waals surface area contributed by atoms with Crippen LogP contribution in [-0.2, 0) is 19.6 Å². The molecule has 1 N–H and O–H groups in total. The highest BCUT2D eigenvalue weighted by atomic mass is 32.2. The standard InChI is InChI=1S/C18H22N4O5S3/c1-3-28-18-21-20-17(29-18)19-16(23)7-5-13-4-6-14(26-2)15(12-13)30(24,25)22-8-10-27-11-9-22/h4-7,12H,3,8-11H2,1-2H3,(H,19,20,23). The number of rotatable bonds is 8. The fraction of sp³-hybridized carbons (Fsp3) is 0.389. The number of thioether (sulfide) groups is 1. The van der Waals surface area contributed by atoms with Crippen LogP contribution in [0, 0.1) is 0 Å². The number of benzene rings is 1. The predicted octanol–water partition coefficient (Wildman–Crippen LogP) is 2.33. The molecule has 0 saturated carbocycles. The summed E-state index contributed by atoms with van der Waals surface area (Å²) < 4.78 is 38.7. The topological polar surface area (TPSA) is 111 Å². The smallest absolute Gasteiger partial charge is 0.250 e. The van der Waals surface area contributed by atoms with Gasteiger partial charge in [-0.05, 0) is 29.5 Å². The summed E-state index contributed by atoms with van der Waals surface area (Å²) >= 11 is 2.84. The van der Waals surface area contributed by atoms with Gasteiger partial charge in [0.25, 0.3) is 0 Å². The predicted molar refractivity (Wildman–Crippen MR) is 117 cm³/mol. The lowest BCUT2D eigenvalue weighted by atomic mass is 10.2. The maximum atomic E-state index is 13.0. The molecule has 30 heavy (non-hydrogen) atoms. The van der Waals surface area contributed by atoms with Gasteiger partial charge in [-0.15, -0.1) is 10.2 Å². The summed E-state index contributed by atoms with van der Waals surface area (Å²) in [4.78, 5) is 12.2. The van der Waals surface area contributed by atoms with Crippen LogP contribution in [0.4, 0.5) is 5.13 Å². The van der Waals surface area contributed by atoms with Crippen molar-refractivity contribution in [2.45, 2.75) is 16.2 Å². The first kappa shape index (κ1) is 22.7. The normalized spacial score (nSPS) is 15.4. The lowest BCUT2D eigenvalue weighted by molar-refractivity contribution is -0.111. The summed E-state index contributed by atoms with van der Waals surface area (Å²) in [7, 11) is -2.32. The molecule has 1 amide bonds. The summed E-state index contributed by atoms with van der Waals surface area (Å²) in [5, 5.41) is 11.0. The third-order valence-corrected chi connectivity index (χ3v) is 7.88. The molecule has 1 aliphatic rings. The van der Waals surface area contributed by atoms with Crippen molar-refractivity contribution < 1.29 is 22.7 Å². The number of ether oxygens (including phenoxy) is 2. The van der Waals surface area contributed by atoms with E-state index in [0.717, 1.165) is 10.1 Å². The van der Waals surface area contributed by atoms with Crippen molar-refractivity contribution >= 4 is 50.2 Å². The summed E-state index contributed by atoms with van der Waals surface area (Å²) in [6.45, 7) is 3.29. The van der Waals surface area contributed by atoms with Gasteiger partial charge < -0.3 is 9.47 Å². The molecule has 0 radical (unpaired) electrons. The number of anilines is 1. The zero-order chi connectivity index (χ0) is 21.6. The number of hydrogen-bond donors (Lipinski definition) is 1. The van der Waals surface area contributed by atoms with Crippen LogP contribution in [0.1, 0.15) is 12.5 Å². The second kappa shape index (κ2) is 10.4.